The summed E-state index contributed by atoms with van der Waals surface area (Å²) in [4.78, 5) is 30.1. The molecule has 1 unspecified atom stereocenters. The molecule has 0 aliphatic heterocycles. The fraction of sp³-hybridized carbons (Fsp3) is 0.163. The average Bonchev–Trinajstić information content (AvgIpc) is 3.23. The number of ether oxygens (including phenoxy) is 2. The minimum atomic E-state index is -4.48. The van der Waals surface area contributed by atoms with E-state index in [9.17, 15) is 27.7 Å². The predicted molar refractivity (Wildman–Crippen MR) is 231 cm³/mol. The summed E-state index contributed by atoms with van der Waals surface area (Å²) in [6, 6.07) is 40.9. The van der Waals surface area contributed by atoms with Gasteiger partial charge in [-0.1, -0.05) is 115 Å². The number of carboxylic acid groups (broad SMARTS) is 1. The van der Waals surface area contributed by atoms with Crippen molar-refractivity contribution in [3.8, 4) is 16.9 Å². The van der Waals surface area contributed by atoms with E-state index in [-0.39, 0.29) is 18.6 Å². The number of pyridine rings is 1. The average molecular weight is 806 g/mol. The number of aromatic carboxylic acids is 1. The van der Waals surface area contributed by atoms with Gasteiger partial charge < -0.3 is 14.6 Å². The highest BCUT2D eigenvalue weighted by Gasteiger charge is 2.22. The van der Waals surface area contributed by atoms with Crippen LogP contribution < -0.4 is 4.74 Å². The van der Waals surface area contributed by atoms with Gasteiger partial charge in [0.1, 0.15) is 24.2 Å². The van der Waals surface area contributed by atoms with E-state index in [0.29, 0.717) is 58.1 Å². The van der Waals surface area contributed by atoms with Crippen molar-refractivity contribution >= 4 is 49.9 Å². The number of fused-ring (bicyclic) bond motifs is 2. The summed E-state index contributed by atoms with van der Waals surface area (Å²) in [6.07, 6.45) is 4.22. The zero-order chi connectivity index (χ0) is 41.5. The largest absolute Gasteiger partial charge is 0.489 e. The van der Waals surface area contributed by atoms with Gasteiger partial charge in [0.2, 0.25) is 0 Å². The SMILES string of the molecule is Cc1c(C(=O)OCc2ccccc2)ccc(-c2cc(OCc3ccccc3)ccc2C=CC(CCCc2ccc3c(C(=O)O)c4ccccc4nc3c2)S(=O)(=O)O)c1C. The van der Waals surface area contributed by atoms with Gasteiger partial charge in [0.15, 0.2) is 0 Å². The van der Waals surface area contributed by atoms with Gasteiger partial charge in [0.05, 0.1) is 22.2 Å². The van der Waals surface area contributed by atoms with E-state index in [4.69, 9.17) is 14.5 Å². The fourth-order valence-corrected chi connectivity index (χ4v) is 8.01. The van der Waals surface area contributed by atoms with Gasteiger partial charge in [-0.25, -0.2) is 14.6 Å². The number of rotatable bonds is 15. The number of aryl methyl sites for hydroxylation is 1. The molecule has 9 nitrogen and oxygen atoms in total. The number of carboxylic acids is 1. The number of nitrogens with zero attached hydrogens (tertiary/aromatic N) is 1. The quantitative estimate of drug-likeness (QED) is 0.0588. The van der Waals surface area contributed by atoms with Gasteiger partial charge in [0.25, 0.3) is 10.1 Å². The van der Waals surface area contributed by atoms with Crippen molar-refractivity contribution in [3.05, 3.63) is 184 Å². The van der Waals surface area contributed by atoms with Crippen molar-refractivity contribution in [2.75, 3.05) is 0 Å². The second kappa shape index (κ2) is 17.9. The summed E-state index contributed by atoms with van der Waals surface area (Å²) in [5, 5.41) is 9.87. The third-order valence-electron chi connectivity index (χ3n) is 10.6. The van der Waals surface area contributed by atoms with Crippen LogP contribution in [0.25, 0.3) is 39.0 Å². The van der Waals surface area contributed by atoms with E-state index in [2.05, 4.69) is 0 Å². The van der Waals surface area contributed by atoms with Gasteiger partial charge in [-0.05, 0) is 108 Å². The highest BCUT2D eigenvalue weighted by molar-refractivity contribution is 7.86. The van der Waals surface area contributed by atoms with Crippen molar-refractivity contribution < 1.29 is 37.1 Å². The first-order valence-electron chi connectivity index (χ1n) is 19.3. The van der Waals surface area contributed by atoms with Crippen LogP contribution in [0, 0.1) is 13.8 Å². The number of esters is 1. The van der Waals surface area contributed by atoms with Crippen molar-refractivity contribution in [3.63, 3.8) is 0 Å². The van der Waals surface area contributed by atoms with Crippen molar-refractivity contribution in [1.29, 1.82) is 0 Å². The van der Waals surface area contributed by atoms with Crippen LogP contribution in [0.3, 0.4) is 0 Å². The number of benzene rings is 6. The Bertz CT molecular complexity index is 2800. The van der Waals surface area contributed by atoms with Crippen molar-refractivity contribution in [2.45, 2.75) is 51.6 Å². The molecule has 10 heteroatoms. The van der Waals surface area contributed by atoms with Crippen molar-refractivity contribution in [2.24, 2.45) is 0 Å². The minimum absolute atomic E-state index is 0.129. The number of carbonyl (C=O) groups excluding carboxylic acids is 1. The maximum absolute atomic E-state index is 13.2. The van der Waals surface area contributed by atoms with Crippen LogP contribution in [0.2, 0.25) is 0 Å². The summed E-state index contributed by atoms with van der Waals surface area (Å²) in [5.74, 6) is -0.872. The van der Waals surface area contributed by atoms with Gasteiger partial charge in [-0.15, -0.1) is 0 Å². The number of carbonyl (C=O) groups is 2. The van der Waals surface area contributed by atoms with Gasteiger partial charge >= 0.3 is 11.9 Å². The lowest BCUT2D eigenvalue weighted by Crippen LogP contribution is -2.18. The van der Waals surface area contributed by atoms with E-state index >= 15 is 0 Å². The molecule has 0 aliphatic rings. The number of hydrogen-bond donors (Lipinski definition) is 2. The van der Waals surface area contributed by atoms with Crippen molar-refractivity contribution in [1.82, 2.24) is 4.98 Å². The molecule has 0 bridgehead atoms. The van der Waals surface area contributed by atoms with E-state index in [1.165, 1.54) is 6.08 Å². The highest BCUT2D eigenvalue weighted by Crippen LogP contribution is 2.35. The molecule has 0 saturated carbocycles. The van der Waals surface area contributed by atoms with Gasteiger partial charge in [0, 0.05) is 10.8 Å². The number of hydrogen-bond acceptors (Lipinski definition) is 7. The third-order valence-corrected chi connectivity index (χ3v) is 11.7. The molecule has 7 rings (SSSR count). The normalized spacial score (nSPS) is 12.2. The van der Waals surface area contributed by atoms with Gasteiger partial charge in [-0.2, -0.15) is 8.42 Å². The van der Waals surface area contributed by atoms with Crippen LogP contribution >= 0.6 is 0 Å². The Balaban J connectivity index is 1.14. The molecule has 1 heterocycles. The molecule has 1 aromatic heterocycles. The van der Waals surface area contributed by atoms with E-state index in [1.54, 1.807) is 42.5 Å². The van der Waals surface area contributed by atoms with Gasteiger partial charge in [-0.3, -0.25) is 4.55 Å². The minimum Gasteiger partial charge on any atom is -0.489 e. The van der Waals surface area contributed by atoms with Crippen LogP contribution in [-0.4, -0.2) is 40.2 Å². The molecule has 0 aliphatic carbocycles. The van der Waals surface area contributed by atoms with Crippen LogP contribution in [0.15, 0.2) is 140 Å². The Labute approximate surface area is 343 Å². The summed E-state index contributed by atoms with van der Waals surface area (Å²) < 4.78 is 47.7. The van der Waals surface area contributed by atoms with Crippen LogP contribution in [-0.2, 0) is 34.5 Å². The second-order valence-corrected chi connectivity index (χ2v) is 16.1. The van der Waals surface area contributed by atoms with Crippen LogP contribution in [0.5, 0.6) is 5.75 Å². The summed E-state index contributed by atoms with van der Waals surface area (Å²) in [5.41, 5.74) is 8.34. The first kappa shape index (κ1) is 40.6. The van der Waals surface area contributed by atoms with E-state index < -0.39 is 27.3 Å². The first-order chi connectivity index (χ1) is 28.5. The standard InChI is InChI=1S/C49H43NO8S/c1-32-33(2)41(49(53)58-31-36-14-7-4-8-15-36)27-26-40(32)44-29-38(57-30-35-12-5-3-6-13-35)23-21-37(44)22-24-39(59(54,55)56)17-11-16-34-20-25-43-46(28-34)50-45-19-10-9-18-42(45)47(43)48(51)52/h3-10,12-15,18-29,39H,11,16-17,30-31H2,1-2H3,(H,51,52)(H,54,55,56). The molecule has 6 aromatic carbocycles. The number of aromatic nitrogens is 1. The Morgan fingerprint density at radius 3 is 2.10 bits per heavy atom. The molecular formula is C49H43NO8S. The molecule has 0 fully saturated rings. The summed E-state index contributed by atoms with van der Waals surface area (Å²) >= 11 is 0. The monoisotopic (exact) mass is 805 g/mol. The molecule has 0 spiro atoms. The Morgan fingerprint density at radius 2 is 1.39 bits per heavy atom. The zero-order valence-corrected chi connectivity index (χ0v) is 33.5. The molecule has 0 amide bonds. The molecule has 298 valence electrons. The lowest BCUT2D eigenvalue weighted by Gasteiger charge is -2.17. The molecule has 59 heavy (non-hydrogen) atoms. The van der Waals surface area contributed by atoms with Crippen LogP contribution in [0.4, 0.5) is 0 Å². The van der Waals surface area contributed by atoms with E-state index in [0.717, 1.165) is 38.9 Å². The topological polar surface area (TPSA) is 140 Å². The lowest BCUT2D eigenvalue weighted by atomic mass is 9.90. The summed E-state index contributed by atoms with van der Waals surface area (Å²) in [6.45, 7) is 4.29. The maximum atomic E-state index is 13.2. The van der Waals surface area contributed by atoms with Crippen LogP contribution in [0.1, 0.15) is 66.9 Å². The maximum Gasteiger partial charge on any atom is 0.338 e. The molecule has 1 atom stereocenters. The molecule has 7 aromatic rings. The molecular weight excluding hydrogens is 763 g/mol. The molecule has 0 saturated heterocycles. The Kier molecular flexibility index (Phi) is 12.3. The highest BCUT2D eigenvalue weighted by atomic mass is 32.2. The Hall–Kier alpha value is -6.62. The zero-order valence-electron chi connectivity index (χ0n) is 32.7. The predicted octanol–water partition coefficient (Wildman–Crippen LogP) is 10.6. The first-order valence-corrected chi connectivity index (χ1v) is 20.8. The Morgan fingerprint density at radius 1 is 0.712 bits per heavy atom. The fourth-order valence-electron chi connectivity index (χ4n) is 7.27. The number of para-hydroxylation sites is 1. The van der Waals surface area contributed by atoms with E-state index in [1.807, 2.05) is 111 Å². The summed E-state index contributed by atoms with van der Waals surface area (Å²) in [7, 11) is -4.48. The molecule has 0 radical (unpaired) electrons. The molecule has 2 N–H and O–H groups in total. The third kappa shape index (κ3) is 9.58. The smallest absolute Gasteiger partial charge is 0.338 e. The lowest BCUT2D eigenvalue weighted by molar-refractivity contribution is 0.0471. The second-order valence-electron chi connectivity index (χ2n) is 14.5.